The number of benzene rings is 3. The van der Waals surface area contributed by atoms with Crippen LogP contribution in [0.1, 0.15) is 43.9 Å². The molecule has 0 saturated carbocycles. The van der Waals surface area contributed by atoms with E-state index in [1.54, 1.807) is 24.4 Å². The summed E-state index contributed by atoms with van der Waals surface area (Å²) in [4.78, 5) is 28.1. The summed E-state index contributed by atoms with van der Waals surface area (Å²) in [5, 5.41) is 12.0. The van der Waals surface area contributed by atoms with Crippen LogP contribution in [-0.2, 0) is 30.7 Å². The van der Waals surface area contributed by atoms with Crippen molar-refractivity contribution in [2.45, 2.75) is 25.9 Å². The number of pyridine rings is 1. The molecule has 0 aliphatic carbocycles. The number of aromatic nitrogens is 1. The lowest BCUT2D eigenvalue weighted by atomic mass is 9.98. The van der Waals surface area contributed by atoms with E-state index in [4.69, 9.17) is 10.1 Å². The van der Waals surface area contributed by atoms with Crippen molar-refractivity contribution in [2.75, 3.05) is 11.9 Å². The lowest BCUT2D eigenvalue weighted by molar-refractivity contribution is -0.106. The Morgan fingerprint density at radius 1 is 1.00 bits per heavy atom. The molecule has 2 amide bonds. The van der Waals surface area contributed by atoms with Gasteiger partial charge in [0.2, 0.25) is 6.41 Å². The molecule has 0 bridgehead atoms. The highest BCUT2D eigenvalue weighted by molar-refractivity contribution is 6.02. The zero-order valence-corrected chi connectivity index (χ0v) is 21.3. The number of carbonyl (C=O) groups is 2. The minimum Gasteiger partial charge on any atom is -0.372 e. The molecule has 1 aliphatic heterocycles. The molecule has 3 N–H and O–H groups in total. The smallest absolute Gasteiger partial charge is 0.274 e. The zero-order valence-electron chi connectivity index (χ0n) is 21.3. The Morgan fingerprint density at radius 3 is 2.36 bits per heavy atom. The van der Waals surface area contributed by atoms with Gasteiger partial charge >= 0.3 is 0 Å². The third-order valence-corrected chi connectivity index (χ3v) is 6.42. The lowest BCUT2D eigenvalue weighted by Gasteiger charge is -2.29. The maximum atomic E-state index is 13.1. The van der Waals surface area contributed by atoms with Crippen LogP contribution in [0, 0.1) is 17.1 Å². The molecule has 1 aliphatic rings. The summed E-state index contributed by atoms with van der Waals surface area (Å²) in [5.41, 5.74) is 11.5. The summed E-state index contributed by atoms with van der Waals surface area (Å²) in [7, 11) is 0. The summed E-state index contributed by atoms with van der Waals surface area (Å²) in [6.45, 7) is 2.58. The first-order valence-corrected chi connectivity index (χ1v) is 12.5. The number of hydrogen-bond acceptors (Lipinski definition) is 5. The number of hydrogen-bond donors (Lipinski definition) is 2. The van der Waals surface area contributed by atoms with Crippen LogP contribution in [0.15, 0.2) is 85.1 Å². The second-order valence-electron chi connectivity index (χ2n) is 9.20. The Labute approximate surface area is 226 Å². The molecule has 0 unspecified atom stereocenters. The molecule has 2 heterocycles. The van der Waals surface area contributed by atoms with Crippen molar-refractivity contribution in [1.29, 1.82) is 5.26 Å². The van der Waals surface area contributed by atoms with Gasteiger partial charge in [0.1, 0.15) is 11.5 Å². The molecule has 196 valence electrons. The number of nitrogens with two attached hydrogens (primary N) is 1. The van der Waals surface area contributed by atoms with E-state index in [0.29, 0.717) is 17.7 Å². The van der Waals surface area contributed by atoms with Crippen LogP contribution in [0.4, 0.5) is 10.1 Å². The van der Waals surface area contributed by atoms with Gasteiger partial charge in [0.05, 0.1) is 11.6 Å². The van der Waals surface area contributed by atoms with Gasteiger partial charge in [0, 0.05) is 31.5 Å². The Morgan fingerprint density at radius 2 is 1.69 bits per heavy atom. The number of carbonyl (C=O) groups excluding carboxylic acids is 2. The molecule has 39 heavy (non-hydrogen) atoms. The number of primary amides is 1. The van der Waals surface area contributed by atoms with E-state index in [2.05, 4.69) is 33.1 Å². The van der Waals surface area contributed by atoms with E-state index in [9.17, 15) is 9.18 Å². The van der Waals surface area contributed by atoms with Crippen LogP contribution < -0.4 is 11.1 Å². The highest BCUT2D eigenvalue weighted by atomic mass is 19.1. The fraction of sp³-hybridized carbons (Fsp3) is 0.161. The van der Waals surface area contributed by atoms with Gasteiger partial charge in [-0.25, -0.2) is 4.39 Å². The minimum absolute atomic E-state index is 0.250. The van der Waals surface area contributed by atoms with E-state index >= 15 is 0 Å². The third kappa shape index (κ3) is 7.57. The highest BCUT2D eigenvalue weighted by Crippen LogP contribution is 2.24. The van der Waals surface area contributed by atoms with Crippen LogP contribution in [0.3, 0.4) is 0 Å². The largest absolute Gasteiger partial charge is 0.372 e. The van der Waals surface area contributed by atoms with Crippen molar-refractivity contribution in [3.63, 3.8) is 0 Å². The van der Waals surface area contributed by atoms with Crippen LogP contribution in [0.2, 0.25) is 0 Å². The molecule has 7 nitrogen and oxygen atoms in total. The monoisotopic (exact) mass is 521 g/mol. The summed E-state index contributed by atoms with van der Waals surface area (Å²) in [6, 6.07) is 25.9. The maximum Gasteiger partial charge on any atom is 0.274 e. The minimum atomic E-state index is -0.259. The average Bonchev–Trinajstić information content (AvgIpc) is 2.95. The topological polar surface area (TPSA) is 112 Å². The Balaban J connectivity index is 0.00000112. The molecule has 0 radical (unpaired) electrons. The second kappa shape index (κ2) is 13.1. The molecule has 3 aromatic carbocycles. The number of rotatable bonds is 6. The van der Waals surface area contributed by atoms with E-state index < -0.39 is 0 Å². The molecule has 1 aromatic heterocycles. The molecule has 0 saturated heterocycles. The number of fused-ring (bicyclic) bond motifs is 1. The maximum absolute atomic E-state index is 13.1. The number of nitrogens with zero attached hydrogens (tertiary/aromatic N) is 3. The summed E-state index contributed by atoms with van der Waals surface area (Å²) in [5.74, 6) is -0.515. The van der Waals surface area contributed by atoms with Crippen molar-refractivity contribution < 1.29 is 14.0 Å². The Bertz CT molecular complexity index is 1460. The molecule has 5 rings (SSSR count). The number of amides is 2. The molecule has 4 aromatic rings. The standard InChI is InChI=1S/C30H25FN4O.CH3NO/c31-27-9-5-21(6-10-27)15-24-7-12-29(33-18-24)30(36)34-28-11-8-25-13-14-35(20-26(25)16-28)19-23-3-1-22(17-32)2-4-23;2-1-3/h1-12,16,18H,13-15,19-20H2,(H,34,36);1H,(H2,2,3). The van der Waals surface area contributed by atoms with Gasteiger partial charge in [-0.15, -0.1) is 0 Å². The molecular weight excluding hydrogens is 493 g/mol. The first-order valence-electron chi connectivity index (χ1n) is 12.5. The quantitative estimate of drug-likeness (QED) is 0.360. The lowest BCUT2D eigenvalue weighted by Crippen LogP contribution is -2.30. The average molecular weight is 522 g/mol. The van der Waals surface area contributed by atoms with Crippen molar-refractivity contribution in [2.24, 2.45) is 5.73 Å². The van der Waals surface area contributed by atoms with Crippen molar-refractivity contribution in [3.8, 4) is 6.07 Å². The second-order valence-corrected chi connectivity index (χ2v) is 9.20. The molecule has 0 spiro atoms. The van der Waals surface area contributed by atoms with Gasteiger partial charge in [-0.1, -0.05) is 36.4 Å². The highest BCUT2D eigenvalue weighted by Gasteiger charge is 2.18. The fourth-order valence-electron chi connectivity index (χ4n) is 4.47. The molecule has 8 heteroatoms. The molecular formula is C31H28FN5O2. The first-order chi connectivity index (χ1) is 19.0. The summed E-state index contributed by atoms with van der Waals surface area (Å²) < 4.78 is 13.1. The number of halogens is 1. The van der Waals surface area contributed by atoms with Gasteiger partial charge in [0.15, 0.2) is 0 Å². The predicted octanol–water partition coefficient (Wildman–Crippen LogP) is 4.60. The van der Waals surface area contributed by atoms with Gasteiger partial charge < -0.3 is 11.1 Å². The SMILES string of the molecule is N#Cc1ccc(CN2CCc3ccc(NC(=O)c4ccc(Cc5ccc(F)cc5)cn4)cc3C2)cc1.NC=O. The van der Waals surface area contributed by atoms with Gasteiger partial charge in [-0.2, -0.15) is 5.26 Å². The molecule has 0 atom stereocenters. The van der Waals surface area contributed by atoms with Crippen molar-refractivity contribution in [1.82, 2.24) is 9.88 Å². The number of anilines is 1. The molecule has 0 fully saturated rings. The normalized spacial score (nSPS) is 12.3. The Hall–Kier alpha value is -4.87. The summed E-state index contributed by atoms with van der Waals surface area (Å²) >= 11 is 0. The van der Waals surface area contributed by atoms with Crippen molar-refractivity contribution >= 4 is 18.0 Å². The predicted molar refractivity (Wildman–Crippen MR) is 147 cm³/mol. The number of nitrogens with one attached hydrogen (secondary N) is 1. The third-order valence-electron chi connectivity index (χ3n) is 6.42. The zero-order chi connectivity index (χ0) is 27.6. The van der Waals surface area contributed by atoms with E-state index in [1.165, 1.54) is 28.8 Å². The van der Waals surface area contributed by atoms with Crippen LogP contribution in [0.5, 0.6) is 0 Å². The van der Waals surface area contributed by atoms with Gasteiger partial charge in [-0.05, 0) is 83.1 Å². The fourth-order valence-corrected chi connectivity index (χ4v) is 4.47. The Kier molecular flexibility index (Phi) is 9.11. The summed E-state index contributed by atoms with van der Waals surface area (Å²) in [6.07, 6.45) is 3.52. The van der Waals surface area contributed by atoms with Crippen molar-refractivity contribution in [3.05, 3.63) is 130 Å². The van der Waals surface area contributed by atoms with Crippen LogP contribution in [-0.4, -0.2) is 28.7 Å². The van der Waals surface area contributed by atoms with E-state index in [-0.39, 0.29) is 18.1 Å². The number of nitriles is 1. The van der Waals surface area contributed by atoms with Gasteiger partial charge in [0.25, 0.3) is 5.91 Å². The van der Waals surface area contributed by atoms with Crippen LogP contribution >= 0.6 is 0 Å². The van der Waals surface area contributed by atoms with Gasteiger partial charge in [-0.3, -0.25) is 19.5 Å². The van der Waals surface area contributed by atoms with Crippen LogP contribution in [0.25, 0.3) is 0 Å². The first kappa shape index (κ1) is 27.2. The van der Waals surface area contributed by atoms with E-state index in [1.807, 2.05) is 42.5 Å². The van der Waals surface area contributed by atoms with E-state index in [0.717, 1.165) is 42.9 Å².